The number of hydrogen-bond donors (Lipinski definition) is 3. The summed E-state index contributed by atoms with van der Waals surface area (Å²) in [6.07, 6.45) is 9.01. The zero-order chi connectivity index (χ0) is 27.8. The van der Waals surface area contributed by atoms with Crippen molar-refractivity contribution in [3.05, 3.63) is 102 Å². The van der Waals surface area contributed by atoms with Crippen LogP contribution in [-0.4, -0.2) is 40.9 Å². The van der Waals surface area contributed by atoms with Crippen LogP contribution in [0.5, 0.6) is 0 Å². The van der Waals surface area contributed by atoms with Gasteiger partial charge < -0.3 is 10.3 Å². The smallest absolute Gasteiger partial charge is 0.169 e. The van der Waals surface area contributed by atoms with Gasteiger partial charge in [-0.15, -0.1) is 11.3 Å². The quantitative estimate of drug-likeness (QED) is 0.191. The molecule has 6 heterocycles. The van der Waals surface area contributed by atoms with Crippen LogP contribution >= 0.6 is 11.3 Å². The molecular formula is C31H24N8OS. The van der Waals surface area contributed by atoms with Crippen LogP contribution in [0.1, 0.15) is 27.7 Å². The Labute approximate surface area is 238 Å². The van der Waals surface area contributed by atoms with E-state index in [0.717, 1.165) is 55.7 Å². The van der Waals surface area contributed by atoms with Crippen molar-refractivity contribution in [3.63, 3.8) is 0 Å². The van der Waals surface area contributed by atoms with Crippen LogP contribution in [0.2, 0.25) is 0 Å². The van der Waals surface area contributed by atoms with Gasteiger partial charge >= 0.3 is 0 Å². The van der Waals surface area contributed by atoms with Gasteiger partial charge in [0.15, 0.2) is 11.6 Å². The molecule has 0 radical (unpaired) electrons. The molecule has 0 aliphatic carbocycles. The van der Waals surface area contributed by atoms with Crippen molar-refractivity contribution < 1.29 is 4.79 Å². The molecule has 41 heavy (non-hydrogen) atoms. The number of aromatic nitrogens is 7. The molecule has 200 valence electrons. The van der Waals surface area contributed by atoms with E-state index in [2.05, 4.69) is 53.6 Å². The average molecular weight is 557 g/mol. The van der Waals surface area contributed by atoms with Crippen molar-refractivity contribution in [3.8, 4) is 33.2 Å². The highest BCUT2D eigenvalue weighted by molar-refractivity contribution is 7.17. The predicted molar refractivity (Wildman–Crippen MR) is 160 cm³/mol. The van der Waals surface area contributed by atoms with Gasteiger partial charge in [-0.1, -0.05) is 30.3 Å². The normalized spacial score (nSPS) is 11.4. The number of aromatic amines is 2. The van der Waals surface area contributed by atoms with Crippen LogP contribution in [0.4, 0.5) is 0 Å². The van der Waals surface area contributed by atoms with Crippen LogP contribution in [0.3, 0.4) is 0 Å². The molecule has 0 saturated carbocycles. The second-order valence-electron chi connectivity index (χ2n) is 9.75. The fourth-order valence-corrected chi connectivity index (χ4v) is 5.74. The molecule has 7 rings (SSSR count). The van der Waals surface area contributed by atoms with Gasteiger partial charge in [-0.05, 0) is 42.3 Å². The van der Waals surface area contributed by atoms with Crippen molar-refractivity contribution in [2.75, 3.05) is 0 Å². The van der Waals surface area contributed by atoms with Crippen molar-refractivity contribution in [2.45, 2.75) is 20.0 Å². The molecule has 0 aliphatic rings. The van der Waals surface area contributed by atoms with E-state index in [1.807, 2.05) is 48.8 Å². The van der Waals surface area contributed by atoms with Gasteiger partial charge in [-0.2, -0.15) is 5.10 Å². The van der Waals surface area contributed by atoms with Crippen LogP contribution < -0.4 is 5.32 Å². The Balaban J connectivity index is 1.19. The minimum absolute atomic E-state index is 0.0423. The summed E-state index contributed by atoms with van der Waals surface area (Å²) in [7, 11) is 0. The Morgan fingerprint density at radius 1 is 0.902 bits per heavy atom. The van der Waals surface area contributed by atoms with Gasteiger partial charge in [-0.3, -0.25) is 24.8 Å². The second kappa shape index (κ2) is 10.5. The van der Waals surface area contributed by atoms with E-state index in [-0.39, 0.29) is 5.78 Å². The highest BCUT2D eigenvalue weighted by Crippen LogP contribution is 2.35. The maximum absolute atomic E-state index is 11.8. The summed E-state index contributed by atoms with van der Waals surface area (Å²) in [6.45, 7) is 3.05. The first-order valence-electron chi connectivity index (χ1n) is 13.1. The minimum Gasteiger partial charge on any atom is -0.335 e. The third-order valence-corrected chi connectivity index (χ3v) is 8.10. The molecule has 6 aromatic heterocycles. The Morgan fingerprint density at radius 3 is 2.61 bits per heavy atom. The topological polar surface area (TPSA) is 125 Å². The summed E-state index contributed by atoms with van der Waals surface area (Å²) in [4.78, 5) is 35.3. The maximum atomic E-state index is 11.8. The SMILES string of the molecule is CC(=O)c1ccc(-c2cncc3[nH]c(-c4n[nH]c5cnc(-c6cncc(CNCc7ccccc7)c6)cc45)nc23)s1. The first-order chi connectivity index (χ1) is 20.1. The number of ketones is 1. The summed E-state index contributed by atoms with van der Waals surface area (Å²) < 4.78 is 0. The van der Waals surface area contributed by atoms with Crippen LogP contribution in [-0.2, 0) is 13.1 Å². The number of pyridine rings is 3. The van der Waals surface area contributed by atoms with Crippen LogP contribution in [0, 0.1) is 0 Å². The molecule has 0 atom stereocenters. The Morgan fingerprint density at radius 2 is 1.76 bits per heavy atom. The molecule has 7 aromatic rings. The maximum Gasteiger partial charge on any atom is 0.169 e. The first-order valence-corrected chi connectivity index (χ1v) is 13.9. The number of Topliss-reactive ketones (excluding diaryl/α,β-unsaturated/α-hetero) is 1. The number of fused-ring (bicyclic) bond motifs is 2. The standard InChI is InChI=1S/C31H24N8OS/c1-18(40)27-7-8-28(41-27)23-15-34-16-26-29(23)37-31(36-26)30-22-10-24(35-17-25(22)38-39-30)21-9-20(13-33-14-21)12-32-11-19-5-3-2-4-6-19/h2-10,13-17,32H,11-12H2,1H3,(H,36,37)(H,38,39). The van der Waals surface area contributed by atoms with E-state index in [1.165, 1.54) is 16.9 Å². The minimum atomic E-state index is 0.0423. The summed E-state index contributed by atoms with van der Waals surface area (Å²) in [5.74, 6) is 0.665. The van der Waals surface area contributed by atoms with Gasteiger partial charge in [0.25, 0.3) is 0 Å². The van der Waals surface area contributed by atoms with Crippen LogP contribution in [0.15, 0.2) is 85.6 Å². The molecule has 0 unspecified atom stereocenters. The zero-order valence-corrected chi connectivity index (χ0v) is 22.9. The second-order valence-corrected chi connectivity index (χ2v) is 10.8. The number of H-pyrrole nitrogens is 2. The van der Waals surface area contributed by atoms with E-state index in [4.69, 9.17) is 4.98 Å². The van der Waals surface area contributed by atoms with Gasteiger partial charge in [0.2, 0.25) is 0 Å². The number of carbonyl (C=O) groups is 1. The largest absolute Gasteiger partial charge is 0.335 e. The monoisotopic (exact) mass is 556 g/mol. The van der Waals surface area contributed by atoms with Gasteiger partial charge in [0.05, 0.1) is 34.0 Å². The average Bonchev–Trinajstić information content (AvgIpc) is 3.76. The number of nitrogens with one attached hydrogen (secondary N) is 3. The molecule has 0 bridgehead atoms. The Hall–Kier alpha value is -5.06. The fraction of sp³-hybridized carbons (Fsp3) is 0.0968. The number of carbonyl (C=O) groups excluding carboxylic acids is 1. The number of rotatable bonds is 8. The summed E-state index contributed by atoms with van der Waals surface area (Å²) >= 11 is 1.44. The van der Waals surface area contributed by atoms with E-state index in [9.17, 15) is 4.79 Å². The predicted octanol–water partition coefficient (Wildman–Crippen LogP) is 6.18. The zero-order valence-electron chi connectivity index (χ0n) is 22.0. The summed E-state index contributed by atoms with van der Waals surface area (Å²) in [5.41, 5.74) is 7.97. The Kier molecular flexibility index (Phi) is 6.38. The lowest BCUT2D eigenvalue weighted by molar-refractivity contribution is 0.102. The van der Waals surface area contributed by atoms with Crippen molar-refractivity contribution in [1.82, 2.24) is 40.4 Å². The number of hydrogen-bond acceptors (Lipinski definition) is 8. The van der Waals surface area contributed by atoms with E-state index in [1.54, 1.807) is 25.5 Å². The first kappa shape index (κ1) is 24.9. The van der Waals surface area contributed by atoms with Crippen molar-refractivity contribution in [1.29, 1.82) is 0 Å². The molecule has 3 N–H and O–H groups in total. The third kappa shape index (κ3) is 4.90. The highest BCUT2D eigenvalue weighted by atomic mass is 32.1. The number of thiophene rings is 1. The van der Waals surface area contributed by atoms with Crippen molar-refractivity contribution in [2.24, 2.45) is 0 Å². The van der Waals surface area contributed by atoms with E-state index < -0.39 is 0 Å². The molecule has 0 amide bonds. The highest BCUT2D eigenvalue weighted by Gasteiger charge is 2.18. The van der Waals surface area contributed by atoms with E-state index in [0.29, 0.717) is 22.9 Å². The lowest BCUT2D eigenvalue weighted by atomic mass is 10.1. The van der Waals surface area contributed by atoms with Crippen molar-refractivity contribution >= 4 is 39.1 Å². The Bertz CT molecular complexity index is 2020. The molecule has 9 nitrogen and oxygen atoms in total. The van der Waals surface area contributed by atoms with Crippen LogP contribution in [0.25, 0.3) is 55.2 Å². The molecule has 0 aliphatic heterocycles. The van der Waals surface area contributed by atoms with Gasteiger partial charge in [0, 0.05) is 53.1 Å². The van der Waals surface area contributed by atoms with E-state index >= 15 is 0 Å². The summed E-state index contributed by atoms with van der Waals surface area (Å²) in [6, 6.07) is 18.2. The van der Waals surface area contributed by atoms with Gasteiger partial charge in [0.1, 0.15) is 11.2 Å². The lowest BCUT2D eigenvalue weighted by Crippen LogP contribution is -2.12. The number of nitrogens with zero attached hydrogens (tertiary/aromatic N) is 5. The third-order valence-electron chi connectivity index (χ3n) is 6.88. The molecule has 1 aromatic carbocycles. The number of benzene rings is 1. The molecule has 0 fully saturated rings. The van der Waals surface area contributed by atoms with Gasteiger partial charge in [-0.25, -0.2) is 4.98 Å². The summed E-state index contributed by atoms with van der Waals surface area (Å²) in [5, 5.41) is 12.0. The molecule has 10 heteroatoms. The number of imidazole rings is 1. The fourth-order valence-electron chi connectivity index (χ4n) is 4.82. The molecule has 0 spiro atoms. The molecule has 0 saturated heterocycles. The molecular weight excluding hydrogens is 532 g/mol. The lowest BCUT2D eigenvalue weighted by Gasteiger charge is -2.07.